The molecule has 0 atom stereocenters. The number of halogens is 1. The molecule has 0 aliphatic carbocycles. The van der Waals surface area contributed by atoms with Gasteiger partial charge in [-0.1, -0.05) is 12.1 Å². The number of rotatable bonds is 4. The van der Waals surface area contributed by atoms with Gasteiger partial charge in [-0.2, -0.15) is 0 Å². The minimum Gasteiger partial charge on any atom is -0.396 e. The van der Waals surface area contributed by atoms with E-state index in [-0.39, 0.29) is 12.5 Å². The Morgan fingerprint density at radius 2 is 2.27 bits per heavy atom. The predicted octanol–water partition coefficient (Wildman–Crippen LogP) is 1.71. The van der Waals surface area contributed by atoms with Gasteiger partial charge in [-0.05, 0) is 47.6 Å². The Morgan fingerprint density at radius 3 is 2.93 bits per heavy atom. The van der Waals surface area contributed by atoms with Gasteiger partial charge in [0.1, 0.15) is 0 Å². The summed E-state index contributed by atoms with van der Waals surface area (Å²) in [6.07, 6.45) is 0.591. The van der Waals surface area contributed by atoms with Crippen molar-refractivity contribution in [3.63, 3.8) is 0 Å². The number of amides is 1. The summed E-state index contributed by atoms with van der Waals surface area (Å²) in [4.78, 5) is 11.7. The Balaban J connectivity index is 2.69. The minimum atomic E-state index is -0.0726. The highest BCUT2D eigenvalue weighted by Gasteiger charge is 2.09. The fourth-order valence-corrected chi connectivity index (χ4v) is 1.80. The molecule has 0 radical (unpaired) electrons. The lowest BCUT2D eigenvalue weighted by Gasteiger charge is -2.07. The summed E-state index contributed by atoms with van der Waals surface area (Å²) < 4.78 is 0.983. The van der Waals surface area contributed by atoms with Gasteiger partial charge in [0, 0.05) is 16.7 Å². The molecule has 4 heteroatoms. The maximum absolute atomic E-state index is 11.7. The highest BCUT2D eigenvalue weighted by atomic mass is 127. The molecule has 1 amide bonds. The number of aliphatic hydroxyl groups excluding tert-OH is 1. The topological polar surface area (TPSA) is 49.3 Å². The highest BCUT2D eigenvalue weighted by Crippen LogP contribution is 2.16. The van der Waals surface area contributed by atoms with Crippen LogP contribution in [0.3, 0.4) is 0 Å². The van der Waals surface area contributed by atoms with Crippen LogP contribution < -0.4 is 5.32 Å². The molecule has 0 aromatic heterocycles. The lowest BCUT2D eigenvalue weighted by Crippen LogP contribution is -2.25. The standard InChI is InChI=1S/C11H14INO2/c1-8-4-2-5-9(10(8)12)11(15)13-6-3-7-14/h2,4-5,14H,3,6-7H2,1H3,(H,13,15). The lowest BCUT2D eigenvalue weighted by molar-refractivity contribution is 0.0950. The molecule has 0 spiro atoms. The van der Waals surface area contributed by atoms with Gasteiger partial charge in [-0.25, -0.2) is 0 Å². The van der Waals surface area contributed by atoms with Gasteiger partial charge in [0.25, 0.3) is 5.91 Å². The first-order chi connectivity index (χ1) is 7.16. The number of carbonyl (C=O) groups is 1. The van der Waals surface area contributed by atoms with E-state index in [0.717, 1.165) is 9.13 Å². The highest BCUT2D eigenvalue weighted by molar-refractivity contribution is 14.1. The van der Waals surface area contributed by atoms with Crippen LogP contribution in [-0.4, -0.2) is 24.2 Å². The van der Waals surface area contributed by atoms with Crippen LogP contribution in [0.4, 0.5) is 0 Å². The molecule has 1 aromatic carbocycles. The van der Waals surface area contributed by atoms with Crippen LogP contribution in [-0.2, 0) is 0 Å². The van der Waals surface area contributed by atoms with E-state index in [1.807, 2.05) is 25.1 Å². The molecule has 0 aliphatic rings. The zero-order valence-electron chi connectivity index (χ0n) is 8.59. The maximum atomic E-state index is 11.7. The average molecular weight is 319 g/mol. The molecule has 0 aliphatic heterocycles. The van der Waals surface area contributed by atoms with E-state index in [4.69, 9.17) is 5.11 Å². The number of hydrogen-bond acceptors (Lipinski definition) is 2. The molecular weight excluding hydrogens is 305 g/mol. The molecular formula is C11H14INO2. The molecule has 0 heterocycles. The van der Waals surface area contributed by atoms with Crippen molar-refractivity contribution in [3.05, 3.63) is 32.9 Å². The van der Waals surface area contributed by atoms with Crippen LogP contribution in [0.15, 0.2) is 18.2 Å². The number of nitrogens with one attached hydrogen (secondary N) is 1. The second-order valence-electron chi connectivity index (χ2n) is 3.27. The van der Waals surface area contributed by atoms with Gasteiger partial charge in [-0.15, -0.1) is 0 Å². The maximum Gasteiger partial charge on any atom is 0.252 e. The van der Waals surface area contributed by atoms with Gasteiger partial charge in [-0.3, -0.25) is 4.79 Å². The van der Waals surface area contributed by atoms with E-state index in [1.165, 1.54) is 0 Å². The van der Waals surface area contributed by atoms with Crippen LogP contribution in [0.1, 0.15) is 22.3 Å². The monoisotopic (exact) mass is 319 g/mol. The first kappa shape index (κ1) is 12.4. The predicted molar refractivity (Wildman–Crippen MR) is 67.9 cm³/mol. The summed E-state index contributed by atoms with van der Waals surface area (Å²) in [6.45, 7) is 2.59. The largest absolute Gasteiger partial charge is 0.396 e. The number of hydrogen-bond donors (Lipinski definition) is 2. The number of aryl methyl sites for hydroxylation is 1. The van der Waals surface area contributed by atoms with E-state index in [2.05, 4.69) is 27.9 Å². The van der Waals surface area contributed by atoms with Crippen LogP contribution >= 0.6 is 22.6 Å². The lowest BCUT2D eigenvalue weighted by atomic mass is 10.1. The molecule has 82 valence electrons. The molecule has 0 bridgehead atoms. The van der Waals surface area contributed by atoms with Crippen molar-refractivity contribution in [1.82, 2.24) is 5.32 Å². The SMILES string of the molecule is Cc1cccc(C(=O)NCCCO)c1I. The molecule has 1 aromatic rings. The third-order valence-corrected chi connectivity index (χ3v) is 3.49. The minimum absolute atomic E-state index is 0.0726. The van der Waals surface area contributed by atoms with Crippen LogP contribution in [0, 0.1) is 10.5 Å². The second kappa shape index (κ2) is 6.07. The first-order valence-corrected chi connectivity index (χ1v) is 5.89. The first-order valence-electron chi connectivity index (χ1n) is 4.81. The number of carbonyl (C=O) groups excluding carboxylic acids is 1. The third-order valence-electron chi connectivity index (χ3n) is 2.06. The van der Waals surface area contributed by atoms with Crippen molar-refractivity contribution in [3.8, 4) is 0 Å². The zero-order chi connectivity index (χ0) is 11.3. The Bertz CT molecular complexity index is 352. The number of aliphatic hydroxyl groups is 1. The summed E-state index contributed by atoms with van der Waals surface area (Å²) in [7, 11) is 0. The van der Waals surface area contributed by atoms with E-state index in [9.17, 15) is 4.79 Å². The summed E-state index contributed by atoms with van der Waals surface area (Å²) >= 11 is 2.17. The van der Waals surface area contributed by atoms with Crippen molar-refractivity contribution >= 4 is 28.5 Å². The van der Waals surface area contributed by atoms with Crippen molar-refractivity contribution in [1.29, 1.82) is 0 Å². The third kappa shape index (κ3) is 3.46. The van der Waals surface area contributed by atoms with Gasteiger partial charge in [0.15, 0.2) is 0 Å². The molecule has 0 fully saturated rings. The van der Waals surface area contributed by atoms with E-state index in [1.54, 1.807) is 0 Å². The van der Waals surface area contributed by atoms with Crippen LogP contribution in [0.25, 0.3) is 0 Å². The molecule has 15 heavy (non-hydrogen) atoms. The Kier molecular flexibility index (Phi) is 5.04. The Labute approximate surface area is 103 Å². The van der Waals surface area contributed by atoms with Crippen LogP contribution in [0.2, 0.25) is 0 Å². The van der Waals surface area contributed by atoms with Gasteiger partial charge >= 0.3 is 0 Å². The second-order valence-corrected chi connectivity index (χ2v) is 4.35. The summed E-state index contributed by atoms with van der Waals surface area (Å²) in [5.74, 6) is -0.0726. The molecule has 0 saturated heterocycles. The van der Waals surface area contributed by atoms with Crippen molar-refractivity contribution in [2.45, 2.75) is 13.3 Å². The van der Waals surface area contributed by atoms with Gasteiger partial charge < -0.3 is 10.4 Å². The smallest absolute Gasteiger partial charge is 0.252 e. The van der Waals surface area contributed by atoms with Crippen molar-refractivity contribution in [2.75, 3.05) is 13.2 Å². The van der Waals surface area contributed by atoms with Gasteiger partial charge in [0.05, 0.1) is 5.56 Å². The van der Waals surface area contributed by atoms with E-state index >= 15 is 0 Å². The van der Waals surface area contributed by atoms with Crippen molar-refractivity contribution < 1.29 is 9.90 Å². The summed E-state index contributed by atoms with van der Waals surface area (Å²) in [5, 5.41) is 11.4. The molecule has 0 saturated carbocycles. The quantitative estimate of drug-likeness (QED) is 0.656. The van der Waals surface area contributed by atoms with Crippen LogP contribution in [0.5, 0.6) is 0 Å². The number of benzene rings is 1. The van der Waals surface area contributed by atoms with E-state index < -0.39 is 0 Å². The van der Waals surface area contributed by atoms with Crippen molar-refractivity contribution in [2.24, 2.45) is 0 Å². The van der Waals surface area contributed by atoms with E-state index in [0.29, 0.717) is 18.5 Å². The molecule has 3 nitrogen and oxygen atoms in total. The summed E-state index contributed by atoms with van der Waals surface area (Å²) in [6, 6.07) is 5.66. The fourth-order valence-electron chi connectivity index (χ4n) is 1.20. The molecule has 1 rings (SSSR count). The Morgan fingerprint density at radius 1 is 1.53 bits per heavy atom. The normalized spacial score (nSPS) is 10.1. The Hall–Kier alpha value is -0.620. The summed E-state index contributed by atoms with van der Waals surface area (Å²) in [5.41, 5.74) is 1.80. The van der Waals surface area contributed by atoms with Gasteiger partial charge in [0.2, 0.25) is 0 Å². The zero-order valence-corrected chi connectivity index (χ0v) is 10.7. The molecule has 2 N–H and O–H groups in total. The molecule has 0 unspecified atom stereocenters. The fraction of sp³-hybridized carbons (Fsp3) is 0.364. The average Bonchev–Trinajstić information content (AvgIpc) is 2.22.